The monoisotopic (exact) mass is 242 g/mol. The lowest BCUT2D eigenvalue weighted by Crippen LogP contribution is -2.30. The summed E-state index contributed by atoms with van der Waals surface area (Å²) < 4.78 is 0. The van der Waals surface area contributed by atoms with Gasteiger partial charge >= 0.3 is 0 Å². The third-order valence-electron chi connectivity index (χ3n) is 4.10. The van der Waals surface area contributed by atoms with Crippen molar-refractivity contribution in [3.63, 3.8) is 0 Å². The highest BCUT2D eigenvalue weighted by Crippen LogP contribution is 2.31. The highest BCUT2D eigenvalue weighted by atomic mass is 14.9. The Labute approximate surface area is 109 Å². The van der Waals surface area contributed by atoms with Gasteiger partial charge in [-0.3, -0.25) is 0 Å². The number of rotatable bonds is 2. The maximum absolute atomic E-state index is 3.71. The van der Waals surface area contributed by atoms with Crippen LogP contribution >= 0.6 is 0 Å². The van der Waals surface area contributed by atoms with Crippen molar-refractivity contribution in [1.82, 2.24) is 4.98 Å². The second kappa shape index (κ2) is 4.68. The van der Waals surface area contributed by atoms with E-state index in [-0.39, 0.29) is 0 Å². The molecule has 0 bridgehead atoms. The molecule has 2 nitrogen and oxygen atoms in total. The van der Waals surface area contributed by atoms with Crippen LogP contribution < -0.4 is 5.32 Å². The van der Waals surface area contributed by atoms with Crippen LogP contribution in [0, 0.1) is 11.8 Å². The molecule has 1 aromatic carbocycles. The molecule has 0 saturated heterocycles. The first-order chi connectivity index (χ1) is 8.70. The van der Waals surface area contributed by atoms with E-state index in [4.69, 9.17) is 0 Å². The molecule has 2 aromatic rings. The number of hydrogen-bond acceptors (Lipinski definition) is 1. The van der Waals surface area contributed by atoms with Crippen LogP contribution in [0.4, 0.5) is 5.69 Å². The lowest BCUT2D eigenvalue weighted by atomic mass is 9.80. The average molecular weight is 242 g/mol. The minimum atomic E-state index is 0.639. The smallest absolute Gasteiger partial charge is 0.0455 e. The molecule has 1 aliphatic carbocycles. The third-order valence-corrected chi connectivity index (χ3v) is 4.10. The molecule has 2 N–H and O–H groups in total. The van der Waals surface area contributed by atoms with E-state index in [0.29, 0.717) is 6.04 Å². The van der Waals surface area contributed by atoms with Gasteiger partial charge in [0, 0.05) is 28.8 Å². The highest BCUT2D eigenvalue weighted by molar-refractivity contribution is 5.83. The van der Waals surface area contributed by atoms with E-state index >= 15 is 0 Å². The van der Waals surface area contributed by atoms with Gasteiger partial charge in [-0.05, 0) is 55.4 Å². The zero-order valence-corrected chi connectivity index (χ0v) is 11.2. The first-order valence-corrected chi connectivity index (χ1v) is 7.04. The number of H-pyrrole nitrogens is 1. The minimum absolute atomic E-state index is 0.639. The molecule has 1 heterocycles. The second-order valence-electron chi connectivity index (χ2n) is 6.04. The number of benzene rings is 1. The molecule has 0 aliphatic heterocycles. The van der Waals surface area contributed by atoms with Crippen LogP contribution in [-0.4, -0.2) is 11.0 Å². The number of nitrogens with one attached hydrogen (secondary N) is 2. The molecule has 1 aromatic heterocycles. The van der Waals surface area contributed by atoms with Gasteiger partial charge in [-0.15, -0.1) is 0 Å². The van der Waals surface area contributed by atoms with Crippen molar-refractivity contribution in [3.8, 4) is 0 Å². The van der Waals surface area contributed by atoms with Crippen LogP contribution in [0.5, 0.6) is 0 Å². The van der Waals surface area contributed by atoms with E-state index in [1.54, 1.807) is 0 Å². The number of aromatic nitrogens is 1. The van der Waals surface area contributed by atoms with Crippen molar-refractivity contribution < 1.29 is 0 Å². The number of hydrogen-bond donors (Lipinski definition) is 2. The first-order valence-electron chi connectivity index (χ1n) is 7.04. The van der Waals surface area contributed by atoms with Crippen molar-refractivity contribution in [3.05, 3.63) is 30.5 Å². The van der Waals surface area contributed by atoms with Gasteiger partial charge in [0.05, 0.1) is 0 Å². The fourth-order valence-electron chi connectivity index (χ4n) is 3.44. The van der Waals surface area contributed by atoms with Gasteiger partial charge in [-0.2, -0.15) is 0 Å². The van der Waals surface area contributed by atoms with Crippen molar-refractivity contribution in [1.29, 1.82) is 0 Å². The summed E-state index contributed by atoms with van der Waals surface area (Å²) in [7, 11) is 0. The standard InChI is InChI=1S/C16H22N2/c1-11-7-12(2)9-15(8-11)18-14-3-4-16-13(10-14)5-6-17-16/h3-6,10-12,15,17-18H,7-9H2,1-2H3. The molecule has 0 amide bonds. The van der Waals surface area contributed by atoms with Crippen molar-refractivity contribution in [2.24, 2.45) is 11.8 Å². The molecule has 1 fully saturated rings. The number of anilines is 1. The lowest BCUT2D eigenvalue weighted by molar-refractivity contribution is 0.281. The van der Waals surface area contributed by atoms with Crippen LogP contribution in [0.25, 0.3) is 10.9 Å². The summed E-state index contributed by atoms with van der Waals surface area (Å²) in [5.74, 6) is 1.70. The van der Waals surface area contributed by atoms with Crippen molar-refractivity contribution in [2.75, 3.05) is 5.32 Å². The molecule has 2 heteroatoms. The van der Waals surface area contributed by atoms with Crippen LogP contribution in [0.15, 0.2) is 30.5 Å². The van der Waals surface area contributed by atoms with E-state index in [1.807, 2.05) is 6.20 Å². The largest absolute Gasteiger partial charge is 0.382 e. The highest BCUT2D eigenvalue weighted by Gasteiger charge is 2.23. The van der Waals surface area contributed by atoms with Gasteiger partial charge in [0.2, 0.25) is 0 Å². The third kappa shape index (κ3) is 2.38. The maximum atomic E-state index is 3.71. The van der Waals surface area contributed by atoms with Crippen LogP contribution in [-0.2, 0) is 0 Å². The van der Waals surface area contributed by atoms with Gasteiger partial charge in [-0.1, -0.05) is 13.8 Å². The summed E-state index contributed by atoms with van der Waals surface area (Å²) in [4.78, 5) is 3.24. The summed E-state index contributed by atoms with van der Waals surface area (Å²) in [5, 5.41) is 5.00. The molecular formula is C16H22N2. The van der Waals surface area contributed by atoms with Crippen molar-refractivity contribution in [2.45, 2.75) is 39.2 Å². The molecular weight excluding hydrogens is 220 g/mol. The van der Waals surface area contributed by atoms with Crippen molar-refractivity contribution >= 4 is 16.6 Å². The molecule has 0 radical (unpaired) electrons. The summed E-state index contributed by atoms with van der Waals surface area (Å²) in [6.07, 6.45) is 5.99. The Morgan fingerprint density at radius 1 is 1.06 bits per heavy atom. The lowest BCUT2D eigenvalue weighted by Gasteiger charge is -2.32. The zero-order valence-electron chi connectivity index (χ0n) is 11.2. The van der Waals surface area contributed by atoms with Gasteiger partial charge in [0.25, 0.3) is 0 Å². The Bertz CT molecular complexity index is 519. The van der Waals surface area contributed by atoms with Crippen LogP contribution in [0.2, 0.25) is 0 Å². The van der Waals surface area contributed by atoms with E-state index in [1.165, 1.54) is 35.9 Å². The number of fused-ring (bicyclic) bond motifs is 1. The van der Waals surface area contributed by atoms with Gasteiger partial charge in [-0.25, -0.2) is 0 Å². The Morgan fingerprint density at radius 2 is 1.83 bits per heavy atom. The SMILES string of the molecule is CC1CC(C)CC(Nc2ccc3[nH]ccc3c2)C1. The Hall–Kier alpha value is -1.44. The normalized spacial score (nSPS) is 28.4. The molecule has 3 rings (SSSR count). The molecule has 2 atom stereocenters. The summed E-state index contributed by atoms with van der Waals surface area (Å²) in [5.41, 5.74) is 2.47. The predicted molar refractivity (Wildman–Crippen MR) is 77.9 cm³/mol. The maximum Gasteiger partial charge on any atom is 0.0455 e. The predicted octanol–water partition coefficient (Wildman–Crippen LogP) is 4.40. The Kier molecular flexibility index (Phi) is 3.02. The van der Waals surface area contributed by atoms with E-state index in [2.05, 4.69) is 48.4 Å². The van der Waals surface area contributed by atoms with Gasteiger partial charge < -0.3 is 10.3 Å². The quantitative estimate of drug-likeness (QED) is 0.802. The minimum Gasteiger partial charge on any atom is -0.382 e. The molecule has 18 heavy (non-hydrogen) atoms. The Balaban J connectivity index is 1.74. The molecule has 2 unspecified atom stereocenters. The van der Waals surface area contributed by atoms with Crippen LogP contribution in [0.3, 0.4) is 0 Å². The molecule has 0 spiro atoms. The van der Waals surface area contributed by atoms with Gasteiger partial charge in [0.1, 0.15) is 0 Å². The summed E-state index contributed by atoms with van der Waals surface area (Å²) in [6.45, 7) is 4.75. The molecule has 1 saturated carbocycles. The average Bonchev–Trinajstić information content (AvgIpc) is 2.74. The zero-order chi connectivity index (χ0) is 12.5. The van der Waals surface area contributed by atoms with E-state index in [0.717, 1.165) is 11.8 Å². The Morgan fingerprint density at radius 3 is 2.61 bits per heavy atom. The fraction of sp³-hybridized carbons (Fsp3) is 0.500. The fourth-order valence-corrected chi connectivity index (χ4v) is 3.44. The molecule has 1 aliphatic rings. The topological polar surface area (TPSA) is 27.8 Å². The number of aromatic amines is 1. The van der Waals surface area contributed by atoms with Gasteiger partial charge in [0.15, 0.2) is 0 Å². The van der Waals surface area contributed by atoms with E-state index < -0.39 is 0 Å². The van der Waals surface area contributed by atoms with Crippen LogP contribution in [0.1, 0.15) is 33.1 Å². The van der Waals surface area contributed by atoms with E-state index in [9.17, 15) is 0 Å². The second-order valence-corrected chi connectivity index (χ2v) is 6.04. The summed E-state index contributed by atoms with van der Waals surface area (Å²) >= 11 is 0. The first kappa shape index (κ1) is 11.6. The molecule has 96 valence electrons. The summed E-state index contributed by atoms with van der Waals surface area (Å²) in [6, 6.07) is 9.36.